The molecule has 0 spiro atoms. The lowest BCUT2D eigenvalue weighted by molar-refractivity contribution is 0.330. The molecule has 1 atom stereocenters. The number of aliphatic imine (C=N–C) groups is 1. The summed E-state index contributed by atoms with van der Waals surface area (Å²) in [6, 6.07) is 16.1. The zero-order chi connectivity index (χ0) is 18.8. The van der Waals surface area contributed by atoms with E-state index in [4.69, 9.17) is 15.9 Å². The van der Waals surface area contributed by atoms with E-state index in [0.29, 0.717) is 18.0 Å². The van der Waals surface area contributed by atoms with E-state index in [1.54, 1.807) is 14.2 Å². The number of benzene rings is 2. The van der Waals surface area contributed by atoms with E-state index in [-0.39, 0.29) is 12.6 Å². The number of terminal acetylenes is 1. The zero-order valence-corrected chi connectivity index (χ0v) is 15.5. The Morgan fingerprint density at radius 2 is 1.96 bits per heavy atom. The summed E-state index contributed by atoms with van der Waals surface area (Å²) in [5.41, 5.74) is 2.23. The summed E-state index contributed by atoms with van der Waals surface area (Å²) < 4.78 is 10.8. The Kier molecular flexibility index (Phi) is 7.38. The van der Waals surface area contributed by atoms with Crippen LogP contribution in [0, 0.1) is 12.3 Å². The predicted octanol–water partition coefficient (Wildman–Crippen LogP) is 3.13. The summed E-state index contributed by atoms with van der Waals surface area (Å²) in [6.45, 7) is 2.89. The minimum absolute atomic E-state index is 0.146. The van der Waals surface area contributed by atoms with Gasteiger partial charge >= 0.3 is 0 Å². The van der Waals surface area contributed by atoms with Gasteiger partial charge in [0.15, 0.2) is 17.5 Å². The monoisotopic (exact) mass is 351 g/mol. The smallest absolute Gasteiger partial charge is 0.191 e. The quantitative estimate of drug-likeness (QED) is 0.457. The molecule has 5 nitrogen and oxygen atoms in total. The average Bonchev–Trinajstić information content (AvgIpc) is 2.70. The highest BCUT2D eigenvalue weighted by Crippen LogP contribution is 2.28. The topological polar surface area (TPSA) is 54.9 Å². The fourth-order valence-corrected chi connectivity index (χ4v) is 2.47. The first kappa shape index (κ1) is 19.2. The standard InChI is InChI=1S/C21H25N3O2/c1-5-13-26-20-14-17(11-12-19(20)25-4)15-23-21(22-3)24-16(2)18-9-7-6-8-10-18/h1,6-12,14,16H,13,15H2,2-4H3,(H2,22,23,24). The Labute approximate surface area is 155 Å². The number of rotatable bonds is 7. The maximum absolute atomic E-state index is 5.54. The van der Waals surface area contributed by atoms with E-state index in [9.17, 15) is 0 Å². The van der Waals surface area contributed by atoms with Crippen LogP contribution in [0.2, 0.25) is 0 Å². The molecule has 0 bridgehead atoms. The van der Waals surface area contributed by atoms with E-state index in [2.05, 4.69) is 40.6 Å². The summed E-state index contributed by atoms with van der Waals surface area (Å²) in [4.78, 5) is 4.29. The third-order valence-electron chi connectivity index (χ3n) is 3.88. The number of nitrogens with one attached hydrogen (secondary N) is 2. The van der Waals surface area contributed by atoms with Crippen molar-refractivity contribution in [3.63, 3.8) is 0 Å². The van der Waals surface area contributed by atoms with Gasteiger partial charge in [-0.25, -0.2) is 0 Å². The molecule has 0 fully saturated rings. The molecule has 0 aliphatic carbocycles. The fraction of sp³-hybridized carbons (Fsp3) is 0.286. The molecule has 0 aliphatic rings. The molecule has 5 heteroatoms. The molecule has 0 saturated heterocycles. The molecule has 0 amide bonds. The van der Waals surface area contributed by atoms with Crippen molar-refractivity contribution in [2.24, 2.45) is 4.99 Å². The van der Waals surface area contributed by atoms with Gasteiger partial charge in [0.1, 0.15) is 6.61 Å². The Hall–Kier alpha value is -3.13. The SMILES string of the molecule is C#CCOc1cc(CNC(=NC)NC(C)c2ccccc2)ccc1OC. The van der Waals surface area contributed by atoms with E-state index in [1.165, 1.54) is 5.56 Å². The number of ether oxygens (including phenoxy) is 2. The molecule has 0 radical (unpaired) electrons. The summed E-state index contributed by atoms with van der Waals surface area (Å²) in [6.07, 6.45) is 5.26. The summed E-state index contributed by atoms with van der Waals surface area (Å²) >= 11 is 0. The highest BCUT2D eigenvalue weighted by atomic mass is 16.5. The second kappa shape index (κ2) is 10.00. The van der Waals surface area contributed by atoms with Gasteiger partial charge in [0.25, 0.3) is 0 Å². The van der Waals surface area contributed by atoms with Crippen LogP contribution in [0.5, 0.6) is 11.5 Å². The largest absolute Gasteiger partial charge is 0.493 e. The summed E-state index contributed by atoms with van der Waals surface area (Å²) in [5, 5.41) is 6.69. The van der Waals surface area contributed by atoms with Crippen LogP contribution in [-0.2, 0) is 6.54 Å². The molecule has 0 aliphatic heterocycles. The highest BCUT2D eigenvalue weighted by Gasteiger charge is 2.09. The molecule has 2 aromatic rings. The van der Waals surface area contributed by atoms with E-state index < -0.39 is 0 Å². The van der Waals surface area contributed by atoms with Crippen LogP contribution < -0.4 is 20.1 Å². The second-order valence-electron chi connectivity index (χ2n) is 5.68. The van der Waals surface area contributed by atoms with Crippen LogP contribution in [0.1, 0.15) is 24.1 Å². The van der Waals surface area contributed by atoms with Gasteiger partial charge < -0.3 is 20.1 Å². The van der Waals surface area contributed by atoms with E-state index in [1.807, 2.05) is 36.4 Å². The molecule has 26 heavy (non-hydrogen) atoms. The van der Waals surface area contributed by atoms with Gasteiger partial charge in [0, 0.05) is 13.6 Å². The van der Waals surface area contributed by atoms with Crippen molar-refractivity contribution < 1.29 is 9.47 Å². The molecule has 1 unspecified atom stereocenters. The Bertz CT molecular complexity index is 767. The van der Waals surface area contributed by atoms with Crippen LogP contribution in [0.4, 0.5) is 0 Å². The van der Waals surface area contributed by atoms with Gasteiger partial charge in [-0.1, -0.05) is 42.3 Å². The average molecular weight is 351 g/mol. The van der Waals surface area contributed by atoms with Crippen molar-refractivity contribution >= 4 is 5.96 Å². The predicted molar refractivity (Wildman–Crippen MR) is 106 cm³/mol. The lowest BCUT2D eigenvalue weighted by Gasteiger charge is -2.18. The fourth-order valence-electron chi connectivity index (χ4n) is 2.47. The Morgan fingerprint density at radius 1 is 1.19 bits per heavy atom. The van der Waals surface area contributed by atoms with Crippen molar-refractivity contribution in [1.82, 2.24) is 10.6 Å². The maximum atomic E-state index is 5.54. The van der Waals surface area contributed by atoms with Gasteiger partial charge in [0.05, 0.1) is 13.2 Å². The third-order valence-corrected chi connectivity index (χ3v) is 3.88. The van der Waals surface area contributed by atoms with Gasteiger partial charge in [-0.3, -0.25) is 4.99 Å². The zero-order valence-electron chi connectivity index (χ0n) is 15.5. The molecule has 2 rings (SSSR count). The van der Waals surface area contributed by atoms with Crippen LogP contribution in [0.25, 0.3) is 0 Å². The Balaban J connectivity index is 1.98. The number of hydrogen-bond donors (Lipinski definition) is 2. The molecule has 0 saturated carbocycles. The first-order chi connectivity index (χ1) is 12.7. The van der Waals surface area contributed by atoms with Crippen molar-refractivity contribution in [2.75, 3.05) is 20.8 Å². The minimum Gasteiger partial charge on any atom is -0.493 e. The first-order valence-electron chi connectivity index (χ1n) is 8.43. The molecule has 0 aromatic heterocycles. The maximum Gasteiger partial charge on any atom is 0.191 e. The van der Waals surface area contributed by atoms with Gasteiger partial charge in [0.2, 0.25) is 0 Å². The first-order valence-corrected chi connectivity index (χ1v) is 8.43. The van der Waals surface area contributed by atoms with Crippen LogP contribution in [-0.4, -0.2) is 26.7 Å². The van der Waals surface area contributed by atoms with Gasteiger partial charge in [-0.15, -0.1) is 6.42 Å². The lowest BCUT2D eigenvalue weighted by Crippen LogP contribution is -2.38. The number of nitrogens with zero attached hydrogens (tertiary/aromatic N) is 1. The minimum atomic E-state index is 0.146. The van der Waals surface area contributed by atoms with Gasteiger partial charge in [-0.2, -0.15) is 0 Å². The van der Waals surface area contributed by atoms with Gasteiger partial charge in [-0.05, 0) is 30.2 Å². The molecule has 2 N–H and O–H groups in total. The van der Waals surface area contributed by atoms with Crippen LogP contribution >= 0.6 is 0 Å². The lowest BCUT2D eigenvalue weighted by atomic mass is 10.1. The second-order valence-corrected chi connectivity index (χ2v) is 5.68. The molecule has 136 valence electrons. The van der Waals surface area contributed by atoms with Crippen molar-refractivity contribution in [3.05, 3.63) is 59.7 Å². The third kappa shape index (κ3) is 5.45. The molecular weight excluding hydrogens is 326 g/mol. The highest BCUT2D eigenvalue weighted by molar-refractivity contribution is 5.80. The summed E-state index contributed by atoms with van der Waals surface area (Å²) in [5.74, 6) is 4.47. The van der Waals surface area contributed by atoms with Crippen molar-refractivity contribution in [3.8, 4) is 23.8 Å². The Morgan fingerprint density at radius 3 is 2.62 bits per heavy atom. The molecular formula is C21H25N3O2. The summed E-state index contributed by atoms with van der Waals surface area (Å²) in [7, 11) is 3.36. The van der Waals surface area contributed by atoms with Crippen molar-refractivity contribution in [2.45, 2.75) is 19.5 Å². The van der Waals surface area contributed by atoms with Crippen LogP contribution in [0.15, 0.2) is 53.5 Å². The van der Waals surface area contributed by atoms with Crippen molar-refractivity contribution in [1.29, 1.82) is 0 Å². The van der Waals surface area contributed by atoms with Crippen LogP contribution in [0.3, 0.4) is 0 Å². The molecule has 2 aromatic carbocycles. The molecule has 0 heterocycles. The van der Waals surface area contributed by atoms with E-state index in [0.717, 1.165) is 11.5 Å². The normalized spacial score (nSPS) is 12.0. The number of methoxy groups -OCH3 is 1. The number of guanidine groups is 1. The number of hydrogen-bond acceptors (Lipinski definition) is 3. The van der Waals surface area contributed by atoms with E-state index >= 15 is 0 Å².